The Bertz CT molecular complexity index is 609. The third-order valence-corrected chi connectivity index (χ3v) is 3.73. The number of thiocarbonyl (C=S) groups is 1. The second kappa shape index (κ2) is 6.08. The van der Waals surface area contributed by atoms with Crippen LogP contribution in [0, 0.1) is 6.92 Å². The number of nitrogens with one attached hydrogen (secondary N) is 1. The van der Waals surface area contributed by atoms with Crippen LogP contribution in [-0.4, -0.2) is 11.2 Å². The average Bonchev–Trinajstić information content (AvgIpc) is 2.41. The van der Waals surface area contributed by atoms with E-state index in [1.165, 1.54) is 4.90 Å². The summed E-state index contributed by atoms with van der Waals surface area (Å²) < 4.78 is 0. The summed E-state index contributed by atoms with van der Waals surface area (Å²) in [6, 6.07) is 14.3. The molecule has 0 bridgehead atoms. The van der Waals surface area contributed by atoms with Gasteiger partial charge in [0.1, 0.15) is 4.99 Å². The van der Waals surface area contributed by atoms with E-state index < -0.39 is 0 Å². The standard InChI is InChI=1S/C15H16N2S2/c1-10-6-7-14(13(8-10)15(16)18)17-11-4-3-5-12(9-11)19-2/h3-9,17H,1-2H3,(H2,16,18). The second-order valence-electron chi connectivity index (χ2n) is 4.27. The van der Waals surface area contributed by atoms with Crippen molar-refractivity contribution < 1.29 is 0 Å². The van der Waals surface area contributed by atoms with Gasteiger partial charge >= 0.3 is 0 Å². The topological polar surface area (TPSA) is 38.0 Å². The van der Waals surface area contributed by atoms with Crippen LogP contribution in [0.25, 0.3) is 0 Å². The van der Waals surface area contributed by atoms with Gasteiger partial charge in [-0.15, -0.1) is 11.8 Å². The molecule has 3 N–H and O–H groups in total. The summed E-state index contributed by atoms with van der Waals surface area (Å²) in [6.07, 6.45) is 2.06. The smallest absolute Gasteiger partial charge is 0.106 e. The predicted molar refractivity (Wildman–Crippen MR) is 88.6 cm³/mol. The predicted octanol–water partition coefficient (Wildman–Crippen LogP) is 4.09. The van der Waals surface area contributed by atoms with Gasteiger partial charge < -0.3 is 11.1 Å². The zero-order chi connectivity index (χ0) is 13.8. The second-order valence-corrected chi connectivity index (χ2v) is 5.59. The fourth-order valence-corrected chi connectivity index (χ4v) is 2.46. The molecule has 0 aromatic heterocycles. The first-order chi connectivity index (χ1) is 9.10. The average molecular weight is 288 g/mol. The Kier molecular flexibility index (Phi) is 4.45. The Balaban J connectivity index is 2.34. The molecule has 0 aliphatic heterocycles. The van der Waals surface area contributed by atoms with E-state index in [0.29, 0.717) is 4.99 Å². The van der Waals surface area contributed by atoms with Crippen molar-refractivity contribution in [3.63, 3.8) is 0 Å². The quantitative estimate of drug-likeness (QED) is 0.656. The molecule has 0 atom stereocenters. The van der Waals surface area contributed by atoms with E-state index in [4.69, 9.17) is 18.0 Å². The number of nitrogens with two attached hydrogens (primary N) is 1. The lowest BCUT2D eigenvalue weighted by molar-refractivity contribution is 1.41. The molecule has 0 heterocycles. The van der Waals surface area contributed by atoms with Gasteiger partial charge in [0.2, 0.25) is 0 Å². The molecule has 0 saturated carbocycles. The third kappa shape index (κ3) is 3.49. The first kappa shape index (κ1) is 13.9. The molecule has 4 heteroatoms. The van der Waals surface area contributed by atoms with Gasteiger partial charge in [-0.2, -0.15) is 0 Å². The fraction of sp³-hybridized carbons (Fsp3) is 0.133. The van der Waals surface area contributed by atoms with Crippen LogP contribution in [0.3, 0.4) is 0 Å². The molecule has 0 spiro atoms. The molecule has 19 heavy (non-hydrogen) atoms. The van der Waals surface area contributed by atoms with Crippen LogP contribution in [0.15, 0.2) is 47.4 Å². The molecule has 2 rings (SSSR count). The Morgan fingerprint density at radius 3 is 2.68 bits per heavy atom. The van der Waals surface area contributed by atoms with Crippen LogP contribution >= 0.6 is 24.0 Å². The van der Waals surface area contributed by atoms with E-state index in [-0.39, 0.29) is 0 Å². The van der Waals surface area contributed by atoms with Crippen molar-refractivity contribution >= 4 is 40.3 Å². The van der Waals surface area contributed by atoms with Crippen molar-refractivity contribution in [1.82, 2.24) is 0 Å². The highest BCUT2D eigenvalue weighted by Crippen LogP contribution is 2.25. The van der Waals surface area contributed by atoms with Crippen molar-refractivity contribution in [3.05, 3.63) is 53.6 Å². The molecule has 98 valence electrons. The summed E-state index contributed by atoms with van der Waals surface area (Å²) in [5.41, 5.74) is 9.78. The lowest BCUT2D eigenvalue weighted by atomic mass is 10.1. The van der Waals surface area contributed by atoms with Crippen molar-refractivity contribution in [1.29, 1.82) is 0 Å². The molecule has 0 radical (unpaired) electrons. The minimum absolute atomic E-state index is 0.409. The van der Waals surface area contributed by atoms with E-state index in [1.54, 1.807) is 11.8 Å². The Morgan fingerprint density at radius 1 is 1.21 bits per heavy atom. The normalized spacial score (nSPS) is 10.2. The highest BCUT2D eigenvalue weighted by molar-refractivity contribution is 7.98. The van der Waals surface area contributed by atoms with Crippen LogP contribution in [0.2, 0.25) is 0 Å². The summed E-state index contributed by atoms with van der Waals surface area (Å²) in [5.74, 6) is 0. The first-order valence-electron chi connectivity index (χ1n) is 5.91. The van der Waals surface area contributed by atoms with Crippen molar-refractivity contribution in [2.24, 2.45) is 5.73 Å². The summed E-state index contributed by atoms with van der Waals surface area (Å²) in [6.45, 7) is 2.03. The van der Waals surface area contributed by atoms with E-state index in [0.717, 1.165) is 22.5 Å². The van der Waals surface area contributed by atoms with Crippen LogP contribution in [-0.2, 0) is 0 Å². The van der Waals surface area contributed by atoms with Gasteiger partial charge in [-0.1, -0.05) is 29.9 Å². The Hall–Kier alpha value is -1.52. The Morgan fingerprint density at radius 2 is 2.00 bits per heavy atom. The maximum atomic E-state index is 5.78. The number of rotatable bonds is 4. The number of anilines is 2. The maximum Gasteiger partial charge on any atom is 0.106 e. The number of hydrogen-bond acceptors (Lipinski definition) is 3. The number of hydrogen-bond donors (Lipinski definition) is 2. The highest BCUT2D eigenvalue weighted by atomic mass is 32.2. The summed E-state index contributed by atoms with van der Waals surface area (Å²) in [5, 5.41) is 3.37. The Labute approximate surface area is 123 Å². The first-order valence-corrected chi connectivity index (χ1v) is 7.55. The van der Waals surface area contributed by atoms with Crippen molar-refractivity contribution in [3.8, 4) is 0 Å². The summed E-state index contributed by atoms with van der Waals surface area (Å²) in [4.78, 5) is 1.63. The lowest BCUT2D eigenvalue weighted by Gasteiger charge is -2.12. The monoisotopic (exact) mass is 288 g/mol. The molecule has 0 saturated heterocycles. The number of thioether (sulfide) groups is 1. The summed E-state index contributed by atoms with van der Waals surface area (Å²) >= 11 is 6.82. The van der Waals surface area contributed by atoms with E-state index >= 15 is 0 Å². The molecule has 0 amide bonds. The molecule has 2 aromatic rings. The van der Waals surface area contributed by atoms with E-state index in [2.05, 4.69) is 23.7 Å². The van der Waals surface area contributed by atoms with Crippen molar-refractivity contribution in [2.45, 2.75) is 11.8 Å². The van der Waals surface area contributed by atoms with Crippen LogP contribution in [0.4, 0.5) is 11.4 Å². The lowest BCUT2D eigenvalue weighted by Crippen LogP contribution is -2.12. The minimum atomic E-state index is 0.409. The molecular formula is C15H16N2S2. The molecule has 2 aromatic carbocycles. The minimum Gasteiger partial charge on any atom is -0.389 e. The van der Waals surface area contributed by atoms with Gasteiger partial charge in [0, 0.05) is 21.8 Å². The van der Waals surface area contributed by atoms with Gasteiger partial charge in [0.25, 0.3) is 0 Å². The zero-order valence-electron chi connectivity index (χ0n) is 10.9. The van der Waals surface area contributed by atoms with Crippen LogP contribution in [0.1, 0.15) is 11.1 Å². The largest absolute Gasteiger partial charge is 0.389 e. The summed E-state index contributed by atoms with van der Waals surface area (Å²) in [7, 11) is 0. The van der Waals surface area contributed by atoms with E-state index in [9.17, 15) is 0 Å². The van der Waals surface area contributed by atoms with Gasteiger partial charge in [-0.25, -0.2) is 0 Å². The molecule has 0 aliphatic rings. The van der Waals surface area contributed by atoms with Crippen molar-refractivity contribution in [2.75, 3.05) is 11.6 Å². The van der Waals surface area contributed by atoms with Crippen LogP contribution < -0.4 is 11.1 Å². The van der Waals surface area contributed by atoms with Crippen LogP contribution in [0.5, 0.6) is 0 Å². The highest BCUT2D eigenvalue weighted by Gasteiger charge is 2.06. The van der Waals surface area contributed by atoms with Gasteiger partial charge in [0.05, 0.1) is 0 Å². The molecule has 0 fully saturated rings. The molecule has 0 aliphatic carbocycles. The zero-order valence-corrected chi connectivity index (χ0v) is 12.6. The van der Waals surface area contributed by atoms with Gasteiger partial charge in [0.15, 0.2) is 0 Å². The SMILES string of the molecule is CSc1cccc(Nc2ccc(C)cc2C(N)=S)c1. The molecular weight excluding hydrogens is 272 g/mol. The number of benzene rings is 2. The van der Waals surface area contributed by atoms with Gasteiger partial charge in [-0.3, -0.25) is 0 Å². The van der Waals surface area contributed by atoms with E-state index in [1.807, 2.05) is 37.3 Å². The van der Waals surface area contributed by atoms with Gasteiger partial charge in [-0.05, 0) is 43.5 Å². The number of aryl methyl sites for hydroxylation is 1. The fourth-order valence-electron chi connectivity index (χ4n) is 1.83. The maximum absolute atomic E-state index is 5.78. The third-order valence-electron chi connectivity index (χ3n) is 2.79. The molecule has 0 unspecified atom stereocenters. The molecule has 2 nitrogen and oxygen atoms in total.